The number of pyridine rings is 1. The summed E-state index contributed by atoms with van der Waals surface area (Å²) in [6.07, 6.45) is 3.93. The van der Waals surface area contributed by atoms with Gasteiger partial charge in [-0.3, -0.25) is 9.63 Å². The number of hydroxylamine groups is 1. The molecule has 0 saturated carbocycles. The SMILES string of the molecule is CON(C)S(=O)(=O)c1cccc(C(=O)Nc2ccc(N3CCCC3)nc2)c1. The average Bonchev–Trinajstić information content (AvgIpc) is 3.22. The fraction of sp³-hybridized carbons (Fsp3) is 0.333. The van der Waals surface area contributed by atoms with Crippen LogP contribution in [0, 0.1) is 0 Å². The minimum Gasteiger partial charge on any atom is -0.357 e. The lowest BCUT2D eigenvalue weighted by Crippen LogP contribution is -2.26. The first kappa shape index (κ1) is 19.3. The third kappa shape index (κ3) is 4.26. The molecule has 0 atom stereocenters. The topological polar surface area (TPSA) is 91.8 Å². The number of sulfonamides is 1. The van der Waals surface area contributed by atoms with Gasteiger partial charge in [-0.15, -0.1) is 0 Å². The molecule has 1 aliphatic rings. The number of nitrogens with zero attached hydrogens (tertiary/aromatic N) is 3. The molecule has 1 saturated heterocycles. The van der Waals surface area contributed by atoms with Gasteiger partial charge in [-0.05, 0) is 43.2 Å². The van der Waals surface area contributed by atoms with Crippen molar-refractivity contribution in [2.75, 3.05) is 37.5 Å². The summed E-state index contributed by atoms with van der Waals surface area (Å²) in [6, 6.07) is 9.45. The standard InChI is InChI=1S/C18H22N4O4S/c1-21(26-2)27(24,25)16-7-5-6-14(12-16)18(23)20-15-8-9-17(19-13-15)22-10-3-4-11-22/h5-9,12-13H,3-4,10-11H2,1-2H3,(H,20,23). The van der Waals surface area contributed by atoms with Crippen molar-refractivity contribution < 1.29 is 18.0 Å². The minimum absolute atomic E-state index is 0.0259. The highest BCUT2D eigenvalue weighted by Crippen LogP contribution is 2.20. The Hall–Kier alpha value is -2.49. The average molecular weight is 390 g/mol. The molecule has 1 aromatic carbocycles. The lowest BCUT2D eigenvalue weighted by Gasteiger charge is -2.16. The fourth-order valence-electron chi connectivity index (χ4n) is 2.84. The van der Waals surface area contributed by atoms with Crippen molar-refractivity contribution >= 4 is 27.4 Å². The van der Waals surface area contributed by atoms with Gasteiger partial charge >= 0.3 is 0 Å². The molecule has 0 spiro atoms. The van der Waals surface area contributed by atoms with E-state index in [9.17, 15) is 13.2 Å². The summed E-state index contributed by atoms with van der Waals surface area (Å²) in [5, 5.41) is 2.74. The highest BCUT2D eigenvalue weighted by molar-refractivity contribution is 7.89. The van der Waals surface area contributed by atoms with Gasteiger partial charge < -0.3 is 10.2 Å². The molecular weight excluding hydrogens is 368 g/mol. The van der Waals surface area contributed by atoms with E-state index in [1.807, 2.05) is 6.07 Å². The van der Waals surface area contributed by atoms with Gasteiger partial charge in [0.2, 0.25) is 0 Å². The third-order valence-electron chi connectivity index (χ3n) is 4.43. The van der Waals surface area contributed by atoms with Crippen LogP contribution in [0.3, 0.4) is 0 Å². The molecule has 8 nitrogen and oxygen atoms in total. The van der Waals surface area contributed by atoms with Crippen LogP contribution in [-0.4, -0.2) is 51.0 Å². The first-order valence-electron chi connectivity index (χ1n) is 8.57. The summed E-state index contributed by atoms with van der Waals surface area (Å²) in [6.45, 7) is 1.99. The van der Waals surface area contributed by atoms with Gasteiger partial charge in [0.15, 0.2) is 0 Å². The molecule has 1 amide bonds. The second-order valence-corrected chi connectivity index (χ2v) is 8.11. The number of hydrogen-bond acceptors (Lipinski definition) is 6. The van der Waals surface area contributed by atoms with Crippen molar-refractivity contribution in [1.82, 2.24) is 9.45 Å². The summed E-state index contributed by atoms with van der Waals surface area (Å²) in [5.41, 5.74) is 0.773. The minimum atomic E-state index is -3.82. The number of anilines is 2. The van der Waals surface area contributed by atoms with Gasteiger partial charge in [0.1, 0.15) is 5.82 Å². The summed E-state index contributed by atoms with van der Waals surface area (Å²) in [5.74, 6) is 0.476. The van der Waals surface area contributed by atoms with Crippen molar-refractivity contribution in [2.24, 2.45) is 0 Å². The number of carbonyl (C=O) groups is 1. The van der Waals surface area contributed by atoms with E-state index in [1.165, 1.54) is 32.4 Å². The van der Waals surface area contributed by atoms with E-state index >= 15 is 0 Å². The molecule has 0 bridgehead atoms. The Morgan fingerprint density at radius 3 is 2.59 bits per heavy atom. The molecule has 1 aliphatic heterocycles. The molecule has 0 unspecified atom stereocenters. The Balaban J connectivity index is 1.74. The van der Waals surface area contributed by atoms with E-state index < -0.39 is 15.9 Å². The summed E-state index contributed by atoms with van der Waals surface area (Å²) >= 11 is 0. The van der Waals surface area contributed by atoms with Gasteiger partial charge in [-0.25, -0.2) is 13.4 Å². The number of benzene rings is 1. The summed E-state index contributed by atoms with van der Waals surface area (Å²) in [4.78, 5) is 23.8. The third-order valence-corrected chi connectivity index (χ3v) is 6.10. The Morgan fingerprint density at radius 2 is 1.96 bits per heavy atom. The van der Waals surface area contributed by atoms with Gasteiger partial charge in [0.25, 0.3) is 15.9 Å². The van der Waals surface area contributed by atoms with Crippen LogP contribution in [0.4, 0.5) is 11.5 Å². The van der Waals surface area contributed by atoms with Crippen LogP contribution in [0.1, 0.15) is 23.2 Å². The van der Waals surface area contributed by atoms with E-state index in [2.05, 4.69) is 15.2 Å². The second-order valence-electron chi connectivity index (χ2n) is 6.18. The Bertz CT molecular complexity index is 909. The molecular formula is C18H22N4O4S. The summed E-state index contributed by atoms with van der Waals surface area (Å²) < 4.78 is 25.4. The van der Waals surface area contributed by atoms with Crippen LogP contribution in [0.5, 0.6) is 0 Å². The van der Waals surface area contributed by atoms with Crippen LogP contribution >= 0.6 is 0 Å². The molecule has 144 valence electrons. The molecule has 1 fully saturated rings. The number of rotatable bonds is 6. The summed E-state index contributed by atoms with van der Waals surface area (Å²) in [7, 11) is -1.28. The lowest BCUT2D eigenvalue weighted by atomic mass is 10.2. The van der Waals surface area contributed by atoms with Gasteiger partial charge in [0.05, 0.1) is 23.9 Å². The fourth-order valence-corrected chi connectivity index (χ4v) is 3.86. The van der Waals surface area contributed by atoms with E-state index in [0.717, 1.165) is 36.2 Å². The zero-order chi connectivity index (χ0) is 19.4. The molecule has 27 heavy (non-hydrogen) atoms. The quantitative estimate of drug-likeness (QED) is 0.760. The highest BCUT2D eigenvalue weighted by atomic mass is 32.2. The predicted octanol–water partition coefficient (Wildman–Crippen LogP) is 2.12. The first-order valence-corrected chi connectivity index (χ1v) is 10.0. The van der Waals surface area contributed by atoms with Gasteiger partial charge in [-0.1, -0.05) is 10.5 Å². The predicted molar refractivity (Wildman–Crippen MR) is 102 cm³/mol. The van der Waals surface area contributed by atoms with E-state index in [4.69, 9.17) is 4.84 Å². The molecule has 0 aliphatic carbocycles. The number of aromatic nitrogens is 1. The maximum Gasteiger partial charge on any atom is 0.264 e. The van der Waals surface area contributed by atoms with Crippen LogP contribution in [0.25, 0.3) is 0 Å². The van der Waals surface area contributed by atoms with Crippen LogP contribution in [0.15, 0.2) is 47.5 Å². The Kier molecular flexibility index (Phi) is 5.73. The van der Waals surface area contributed by atoms with Crippen molar-refractivity contribution in [1.29, 1.82) is 0 Å². The zero-order valence-electron chi connectivity index (χ0n) is 15.3. The largest absolute Gasteiger partial charge is 0.357 e. The van der Waals surface area contributed by atoms with Crippen molar-refractivity contribution in [3.63, 3.8) is 0 Å². The molecule has 2 aromatic rings. The molecule has 0 radical (unpaired) electrons. The van der Waals surface area contributed by atoms with Crippen LogP contribution in [-0.2, 0) is 14.9 Å². The van der Waals surface area contributed by atoms with Crippen LogP contribution < -0.4 is 10.2 Å². The Labute approximate surface area is 158 Å². The number of carbonyl (C=O) groups excluding carboxylic acids is 1. The molecule has 2 heterocycles. The number of hydrogen-bond donors (Lipinski definition) is 1. The molecule has 1 N–H and O–H groups in total. The number of amides is 1. The maximum absolute atomic E-state index is 12.5. The Morgan fingerprint density at radius 1 is 1.22 bits per heavy atom. The van der Waals surface area contributed by atoms with Crippen molar-refractivity contribution in [2.45, 2.75) is 17.7 Å². The lowest BCUT2D eigenvalue weighted by molar-refractivity contribution is -0.0258. The van der Waals surface area contributed by atoms with Crippen molar-refractivity contribution in [3.8, 4) is 0 Å². The maximum atomic E-state index is 12.5. The zero-order valence-corrected chi connectivity index (χ0v) is 16.1. The van der Waals surface area contributed by atoms with Gasteiger partial charge in [0, 0.05) is 25.7 Å². The van der Waals surface area contributed by atoms with E-state index in [0.29, 0.717) is 5.69 Å². The molecule has 9 heteroatoms. The first-order chi connectivity index (χ1) is 12.9. The highest BCUT2D eigenvalue weighted by Gasteiger charge is 2.22. The van der Waals surface area contributed by atoms with E-state index in [1.54, 1.807) is 18.3 Å². The monoisotopic (exact) mass is 390 g/mol. The van der Waals surface area contributed by atoms with Crippen molar-refractivity contribution in [3.05, 3.63) is 48.2 Å². The number of nitrogens with one attached hydrogen (secondary N) is 1. The second kappa shape index (κ2) is 8.03. The van der Waals surface area contributed by atoms with E-state index in [-0.39, 0.29) is 10.5 Å². The molecule has 1 aromatic heterocycles. The smallest absolute Gasteiger partial charge is 0.264 e. The normalized spacial score (nSPS) is 14.6. The molecule has 3 rings (SSSR count). The van der Waals surface area contributed by atoms with Crippen LogP contribution in [0.2, 0.25) is 0 Å². The van der Waals surface area contributed by atoms with Gasteiger partial charge in [-0.2, -0.15) is 0 Å².